The van der Waals surface area contributed by atoms with Gasteiger partial charge in [0, 0.05) is 23.3 Å². The van der Waals surface area contributed by atoms with Crippen molar-refractivity contribution in [3.05, 3.63) is 76.5 Å². The van der Waals surface area contributed by atoms with Gasteiger partial charge in [-0.1, -0.05) is 49.7 Å². The van der Waals surface area contributed by atoms with Crippen molar-refractivity contribution in [2.45, 2.75) is 58.2 Å². The van der Waals surface area contributed by atoms with Crippen molar-refractivity contribution >= 4 is 33.9 Å². The molecule has 1 fully saturated rings. The van der Waals surface area contributed by atoms with Gasteiger partial charge in [-0.3, -0.25) is 4.98 Å². The Morgan fingerprint density at radius 2 is 1.90 bits per heavy atom. The molecular formula is C29H28ClFN8. The van der Waals surface area contributed by atoms with Crippen LogP contribution in [0.1, 0.15) is 68.9 Å². The third-order valence-corrected chi connectivity index (χ3v) is 7.25. The Labute approximate surface area is 231 Å². The van der Waals surface area contributed by atoms with Crippen molar-refractivity contribution in [1.82, 2.24) is 20.0 Å². The first-order valence-corrected chi connectivity index (χ1v) is 13.2. The maximum atomic E-state index is 13.8. The number of aromatic nitrogens is 4. The topological polar surface area (TPSA) is 115 Å². The number of anilines is 2. The minimum atomic E-state index is -0.434. The molecule has 8 nitrogen and oxygen atoms in total. The molecule has 1 aliphatic carbocycles. The largest absolute Gasteiger partial charge is 0.379 e. The Hall–Kier alpha value is -4.21. The number of hydrogen-bond donors (Lipinski definition) is 2. The maximum absolute atomic E-state index is 13.8. The maximum Gasteiger partial charge on any atom is 0.123 e. The van der Waals surface area contributed by atoms with Gasteiger partial charge in [-0.2, -0.15) is 10.5 Å². The molecule has 1 saturated carbocycles. The molecule has 0 bridgehead atoms. The third kappa shape index (κ3) is 5.64. The lowest BCUT2D eigenvalue weighted by molar-refractivity contribution is 0.344. The molecule has 0 saturated heterocycles. The quantitative estimate of drug-likeness (QED) is 0.252. The van der Waals surface area contributed by atoms with Crippen molar-refractivity contribution in [2.75, 3.05) is 10.6 Å². The van der Waals surface area contributed by atoms with Gasteiger partial charge >= 0.3 is 0 Å². The average molecular weight is 543 g/mol. The monoisotopic (exact) mass is 542 g/mol. The van der Waals surface area contributed by atoms with Crippen LogP contribution in [0.25, 0.3) is 10.9 Å². The molecule has 0 aliphatic heterocycles. The normalized spacial score (nSPS) is 14.8. The van der Waals surface area contributed by atoms with E-state index in [4.69, 9.17) is 11.6 Å². The van der Waals surface area contributed by atoms with Crippen LogP contribution < -0.4 is 10.6 Å². The summed E-state index contributed by atoms with van der Waals surface area (Å²) in [5, 5.41) is 36.0. The van der Waals surface area contributed by atoms with E-state index in [-0.39, 0.29) is 23.7 Å². The first kappa shape index (κ1) is 26.4. The average Bonchev–Trinajstić information content (AvgIpc) is 3.64. The zero-order valence-electron chi connectivity index (χ0n) is 21.9. The zero-order chi connectivity index (χ0) is 27.7. The highest BCUT2D eigenvalue weighted by molar-refractivity contribution is 6.35. The summed E-state index contributed by atoms with van der Waals surface area (Å²) >= 11 is 6.72. The number of nitrogens with one attached hydrogen (secondary N) is 2. The Bertz CT molecular complexity index is 1590. The van der Waals surface area contributed by atoms with Crippen molar-refractivity contribution in [1.29, 1.82) is 10.5 Å². The SMILES string of the molecule is CC(C)(C)[C@@H](CC#N)Nc1c(C#N)cnc2c(Cl)cc(NC(c3ccc(F)cc3)c3cn(C4CC4)nn3)cc12. The van der Waals surface area contributed by atoms with E-state index in [0.29, 0.717) is 44.6 Å². The highest BCUT2D eigenvalue weighted by atomic mass is 35.5. The van der Waals surface area contributed by atoms with Gasteiger partial charge in [-0.15, -0.1) is 5.10 Å². The summed E-state index contributed by atoms with van der Waals surface area (Å²) in [7, 11) is 0. The second kappa shape index (κ2) is 10.5. The van der Waals surface area contributed by atoms with E-state index in [2.05, 4.69) is 38.1 Å². The molecule has 10 heteroatoms. The molecule has 2 aromatic heterocycles. The van der Waals surface area contributed by atoms with Gasteiger partial charge in [0.05, 0.1) is 52.6 Å². The smallest absolute Gasteiger partial charge is 0.123 e. The fourth-order valence-electron chi connectivity index (χ4n) is 4.51. The number of rotatable bonds is 8. The standard InChI is InChI=1S/C29H28ClFN8/c1-29(2,3)25(10-11-32)36-26-18(14-33)15-34-28-22(26)12-20(13-23(28)30)35-27(17-4-6-19(31)7-5-17)24-16-39(38-37-24)21-8-9-21/h4-7,12-13,15-16,21,25,27,35H,8-10H2,1-3H3,(H,34,36)/t25-,27?/m1/s1. The lowest BCUT2D eigenvalue weighted by atomic mass is 9.84. The van der Waals surface area contributed by atoms with Gasteiger partial charge in [0.15, 0.2) is 0 Å². The first-order chi connectivity index (χ1) is 18.7. The number of nitrogens with zero attached hydrogens (tertiary/aromatic N) is 6. The Kier molecular flexibility index (Phi) is 7.12. The molecule has 198 valence electrons. The summed E-state index contributed by atoms with van der Waals surface area (Å²) < 4.78 is 15.6. The molecule has 2 atom stereocenters. The van der Waals surface area contributed by atoms with Crippen LogP contribution in [-0.2, 0) is 0 Å². The van der Waals surface area contributed by atoms with Crippen LogP contribution in [0.4, 0.5) is 15.8 Å². The van der Waals surface area contributed by atoms with Crippen LogP contribution in [0.5, 0.6) is 0 Å². The fraction of sp³-hybridized carbons (Fsp3) is 0.345. The molecule has 0 spiro atoms. The van der Waals surface area contributed by atoms with Crippen molar-refractivity contribution in [3.63, 3.8) is 0 Å². The van der Waals surface area contributed by atoms with E-state index in [1.165, 1.54) is 18.3 Å². The number of fused-ring (bicyclic) bond motifs is 1. The summed E-state index contributed by atoms with van der Waals surface area (Å²) in [5.74, 6) is -0.329. The molecule has 2 N–H and O–H groups in total. The lowest BCUT2D eigenvalue weighted by Crippen LogP contribution is -2.34. The molecular weight excluding hydrogens is 515 g/mol. The Morgan fingerprint density at radius 3 is 2.54 bits per heavy atom. The van der Waals surface area contributed by atoms with E-state index in [9.17, 15) is 14.9 Å². The Morgan fingerprint density at radius 1 is 1.15 bits per heavy atom. The highest BCUT2D eigenvalue weighted by Gasteiger charge is 2.28. The molecule has 1 aliphatic rings. The van der Waals surface area contributed by atoms with E-state index >= 15 is 0 Å². The number of nitriles is 2. The predicted octanol–water partition coefficient (Wildman–Crippen LogP) is 6.77. The van der Waals surface area contributed by atoms with Crippen LogP contribution in [0.15, 0.2) is 48.8 Å². The summed E-state index contributed by atoms with van der Waals surface area (Å²) in [6.45, 7) is 6.12. The van der Waals surface area contributed by atoms with Gasteiger partial charge in [-0.05, 0) is 48.1 Å². The summed E-state index contributed by atoms with van der Waals surface area (Å²) in [5.41, 5.74) is 3.36. The molecule has 1 unspecified atom stereocenters. The number of benzene rings is 2. The van der Waals surface area contributed by atoms with Gasteiger partial charge in [0.2, 0.25) is 0 Å². The third-order valence-electron chi connectivity index (χ3n) is 6.96. The van der Waals surface area contributed by atoms with Gasteiger partial charge in [0.1, 0.15) is 17.6 Å². The second-order valence-electron chi connectivity index (χ2n) is 10.9. The molecule has 2 aromatic carbocycles. The minimum absolute atomic E-state index is 0.222. The van der Waals surface area contributed by atoms with Crippen molar-refractivity contribution in [3.8, 4) is 12.1 Å². The van der Waals surface area contributed by atoms with E-state index < -0.39 is 6.04 Å². The summed E-state index contributed by atoms with van der Waals surface area (Å²) in [6, 6.07) is 14.1. The first-order valence-electron chi connectivity index (χ1n) is 12.8. The van der Waals surface area contributed by atoms with Crippen LogP contribution in [0, 0.1) is 33.9 Å². The second-order valence-corrected chi connectivity index (χ2v) is 11.3. The predicted molar refractivity (Wildman–Crippen MR) is 149 cm³/mol. The molecule has 5 rings (SSSR count). The van der Waals surface area contributed by atoms with Crippen molar-refractivity contribution < 1.29 is 4.39 Å². The van der Waals surface area contributed by atoms with Crippen LogP contribution in [0.3, 0.4) is 0 Å². The molecule has 0 amide bonds. The van der Waals surface area contributed by atoms with Crippen LogP contribution in [0.2, 0.25) is 5.02 Å². The summed E-state index contributed by atoms with van der Waals surface area (Å²) in [4.78, 5) is 4.45. The van der Waals surface area contributed by atoms with Crippen molar-refractivity contribution in [2.24, 2.45) is 5.41 Å². The van der Waals surface area contributed by atoms with Crippen LogP contribution in [-0.4, -0.2) is 26.0 Å². The van der Waals surface area contributed by atoms with Gasteiger partial charge in [0.25, 0.3) is 0 Å². The lowest BCUT2D eigenvalue weighted by Gasteiger charge is -2.31. The molecule has 0 radical (unpaired) electrons. The van der Waals surface area contributed by atoms with Gasteiger partial charge in [-0.25, -0.2) is 9.07 Å². The zero-order valence-corrected chi connectivity index (χ0v) is 22.7. The van der Waals surface area contributed by atoms with Crippen LogP contribution >= 0.6 is 11.6 Å². The van der Waals surface area contributed by atoms with E-state index in [1.807, 2.05) is 37.7 Å². The fourth-order valence-corrected chi connectivity index (χ4v) is 4.78. The number of pyridine rings is 1. The highest BCUT2D eigenvalue weighted by Crippen LogP contribution is 2.38. The van der Waals surface area contributed by atoms with E-state index in [1.54, 1.807) is 18.2 Å². The van der Waals surface area contributed by atoms with Gasteiger partial charge < -0.3 is 10.6 Å². The Balaban J connectivity index is 1.59. The van der Waals surface area contributed by atoms with E-state index in [0.717, 1.165) is 18.4 Å². The number of hydrogen-bond acceptors (Lipinski definition) is 7. The molecule has 39 heavy (non-hydrogen) atoms. The minimum Gasteiger partial charge on any atom is -0.379 e. The number of halogens is 2. The summed E-state index contributed by atoms with van der Waals surface area (Å²) in [6.07, 6.45) is 5.81. The molecule has 2 heterocycles. The molecule has 4 aromatic rings.